The maximum absolute atomic E-state index is 12.9. The molecule has 2 aliphatic heterocycles. The number of hydrogen-bond acceptors (Lipinski definition) is 3. The lowest BCUT2D eigenvalue weighted by molar-refractivity contribution is -0.129. The Morgan fingerprint density at radius 3 is 2.75 bits per heavy atom. The van der Waals surface area contributed by atoms with Crippen molar-refractivity contribution in [3.8, 4) is 0 Å². The Hall–Kier alpha value is -1.75. The van der Waals surface area contributed by atoms with E-state index in [1.54, 1.807) is 12.1 Å². The molecule has 24 heavy (non-hydrogen) atoms. The summed E-state index contributed by atoms with van der Waals surface area (Å²) >= 11 is 6.23. The Bertz CT molecular complexity index is 635. The number of nitrogens with zero attached hydrogens (tertiary/aromatic N) is 2. The van der Waals surface area contributed by atoms with Gasteiger partial charge in [0.25, 0.3) is 5.91 Å². The number of carbonyl (C=O) groups excluding carboxylic acids is 2. The van der Waals surface area contributed by atoms with E-state index in [4.69, 9.17) is 11.6 Å². The van der Waals surface area contributed by atoms with Gasteiger partial charge in [-0.2, -0.15) is 0 Å². The number of likely N-dealkylation sites (tertiary alicyclic amines) is 2. The van der Waals surface area contributed by atoms with E-state index in [0.29, 0.717) is 23.6 Å². The van der Waals surface area contributed by atoms with Gasteiger partial charge in [-0.15, -0.1) is 0 Å². The summed E-state index contributed by atoms with van der Waals surface area (Å²) in [6.45, 7) is 2.26. The molecule has 3 rings (SSSR count). The largest absolute Gasteiger partial charge is 0.388 e. The summed E-state index contributed by atoms with van der Waals surface area (Å²) in [7, 11) is 1.82. The third-order valence-electron chi connectivity index (χ3n) is 5.02. The second-order valence-corrected chi connectivity index (χ2v) is 6.92. The van der Waals surface area contributed by atoms with Crippen molar-refractivity contribution in [2.24, 2.45) is 0 Å². The van der Waals surface area contributed by atoms with Crippen LogP contribution in [0.25, 0.3) is 0 Å². The van der Waals surface area contributed by atoms with Gasteiger partial charge in [0.05, 0.1) is 10.6 Å². The minimum atomic E-state index is -0.0227. The molecule has 1 N–H and O–H groups in total. The lowest BCUT2D eigenvalue weighted by Gasteiger charge is -2.27. The van der Waals surface area contributed by atoms with Gasteiger partial charge in [-0.1, -0.05) is 11.6 Å². The standard InChI is InChI=1S/C18H24ClN3O2/c1-20-13-6-7-16(19)15(12-13)18(24)21-9-2-4-14(8-11-21)22-10-3-5-17(22)23/h6-7,12,14,20H,2-5,8-11H2,1H3. The van der Waals surface area contributed by atoms with E-state index in [1.807, 2.05) is 22.9 Å². The van der Waals surface area contributed by atoms with Gasteiger partial charge in [0.15, 0.2) is 0 Å². The van der Waals surface area contributed by atoms with Crippen LogP contribution < -0.4 is 5.32 Å². The molecule has 1 aromatic carbocycles. The van der Waals surface area contributed by atoms with Crippen molar-refractivity contribution in [3.63, 3.8) is 0 Å². The molecule has 1 aromatic rings. The van der Waals surface area contributed by atoms with Crippen molar-refractivity contribution >= 4 is 29.1 Å². The highest BCUT2D eigenvalue weighted by Gasteiger charge is 2.30. The summed E-state index contributed by atoms with van der Waals surface area (Å²) in [4.78, 5) is 28.7. The number of nitrogens with one attached hydrogen (secondary N) is 1. The predicted octanol–water partition coefficient (Wildman–Crippen LogP) is 3.00. The summed E-state index contributed by atoms with van der Waals surface area (Å²) in [6, 6.07) is 5.69. The maximum Gasteiger partial charge on any atom is 0.255 e. The van der Waals surface area contributed by atoms with Gasteiger partial charge >= 0.3 is 0 Å². The Kier molecular flexibility index (Phi) is 5.29. The minimum absolute atomic E-state index is 0.0227. The smallest absolute Gasteiger partial charge is 0.255 e. The van der Waals surface area contributed by atoms with Gasteiger partial charge in [-0.25, -0.2) is 0 Å². The van der Waals surface area contributed by atoms with Crippen molar-refractivity contribution in [1.29, 1.82) is 0 Å². The van der Waals surface area contributed by atoms with Gasteiger partial charge in [0, 0.05) is 44.8 Å². The van der Waals surface area contributed by atoms with Crippen molar-refractivity contribution in [2.45, 2.75) is 38.1 Å². The lowest BCUT2D eigenvalue weighted by Crippen LogP contribution is -2.37. The zero-order valence-electron chi connectivity index (χ0n) is 14.1. The third-order valence-corrected chi connectivity index (χ3v) is 5.35. The molecule has 0 spiro atoms. The van der Waals surface area contributed by atoms with E-state index in [9.17, 15) is 9.59 Å². The molecule has 2 heterocycles. The first-order valence-corrected chi connectivity index (χ1v) is 9.04. The number of carbonyl (C=O) groups is 2. The molecule has 0 saturated carbocycles. The molecule has 2 aliphatic rings. The number of rotatable bonds is 3. The average molecular weight is 350 g/mol. The first-order valence-electron chi connectivity index (χ1n) is 8.66. The predicted molar refractivity (Wildman–Crippen MR) is 95.5 cm³/mol. The summed E-state index contributed by atoms with van der Waals surface area (Å²) in [5, 5.41) is 3.52. The molecule has 0 bridgehead atoms. The lowest BCUT2D eigenvalue weighted by atomic mass is 10.1. The van der Waals surface area contributed by atoms with Gasteiger partial charge in [0.2, 0.25) is 5.91 Å². The molecule has 2 amide bonds. The zero-order valence-corrected chi connectivity index (χ0v) is 14.8. The highest BCUT2D eigenvalue weighted by atomic mass is 35.5. The fraction of sp³-hybridized carbons (Fsp3) is 0.556. The molecule has 6 heteroatoms. The second-order valence-electron chi connectivity index (χ2n) is 6.51. The molecule has 0 radical (unpaired) electrons. The van der Waals surface area contributed by atoms with Gasteiger partial charge in [-0.05, 0) is 43.9 Å². The van der Waals surface area contributed by atoms with E-state index in [2.05, 4.69) is 5.32 Å². The molecule has 1 unspecified atom stereocenters. The molecule has 0 aromatic heterocycles. The quantitative estimate of drug-likeness (QED) is 0.912. The summed E-state index contributed by atoms with van der Waals surface area (Å²) in [5.41, 5.74) is 1.41. The van der Waals surface area contributed by atoms with Crippen molar-refractivity contribution < 1.29 is 9.59 Å². The molecule has 0 aliphatic carbocycles. The molecular formula is C18H24ClN3O2. The molecule has 1 atom stereocenters. The van der Waals surface area contributed by atoms with Crippen LogP contribution in [-0.4, -0.2) is 54.3 Å². The molecule has 130 valence electrons. The Morgan fingerprint density at radius 2 is 2.04 bits per heavy atom. The fourth-order valence-corrected chi connectivity index (χ4v) is 3.86. The zero-order chi connectivity index (χ0) is 17.1. The van der Waals surface area contributed by atoms with Gasteiger partial charge < -0.3 is 15.1 Å². The third kappa shape index (κ3) is 3.51. The number of anilines is 1. The Morgan fingerprint density at radius 1 is 1.21 bits per heavy atom. The van der Waals surface area contributed by atoms with E-state index >= 15 is 0 Å². The van der Waals surface area contributed by atoms with Crippen LogP contribution in [0.3, 0.4) is 0 Å². The van der Waals surface area contributed by atoms with Crippen LogP contribution >= 0.6 is 11.6 Å². The van der Waals surface area contributed by atoms with Gasteiger partial charge in [-0.3, -0.25) is 9.59 Å². The van der Waals surface area contributed by atoms with Crippen LogP contribution in [0.15, 0.2) is 18.2 Å². The Labute approximate surface area is 147 Å². The first kappa shape index (κ1) is 17.1. The normalized spacial score (nSPS) is 21.8. The summed E-state index contributed by atoms with van der Waals surface area (Å²) < 4.78 is 0. The van der Waals surface area contributed by atoms with Crippen LogP contribution in [0.1, 0.15) is 42.5 Å². The highest BCUT2D eigenvalue weighted by molar-refractivity contribution is 6.34. The van der Waals surface area contributed by atoms with Crippen LogP contribution in [0.2, 0.25) is 5.02 Å². The van der Waals surface area contributed by atoms with Crippen LogP contribution in [-0.2, 0) is 4.79 Å². The SMILES string of the molecule is CNc1ccc(Cl)c(C(=O)N2CCCC(N3CCCC3=O)CC2)c1. The number of benzene rings is 1. The fourth-order valence-electron chi connectivity index (χ4n) is 3.66. The van der Waals surface area contributed by atoms with E-state index < -0.39 is 0 Å². The van der Waals surface area contributed by atoms with E-state index in [1.165, 1.54) is 0 Å². The van der Waals surface area contributed by atoms with Crippen molar-refractivity contribution in [1.82, 2.24) is 9.80 Å². The first-order chi connectivity index (χ1) is 11.6. The summed E-state index contributed by atoms with van der Waals surface area (Å²) in [6.07, 6.45) is 4.38. The minimum Gasteiger partial charge on any atom is -0.388 e. The maximum atomic E-state index is 12.9. The van der Waals surface area contributed by atoms with Crippen molar-refractivity contribution in [3.05, 3.63) is 28.8 Å². The number of halogens is 1. The number of hydrogen-bond donors (Lipinski definition) is 1. The average Bonchev–Trinajstić information content (AvgIpc) is 2.87. The van der Waals surface area contributed by atoms with Crippen LogP contribution in [0.4, 0.5) is 5.69 Å². The molecule has 2 saturated heterocycles. The number of amides is 2. The molecule has 5 nitrogen and oxygen atoms in total. The van der Waals surface area contributed by atoms with Crippen molar-refractivity contribution in [2.75, 3.05) is 32.0 Å². The van der Waals surface area contributed by atoms with Crippen LogP contribution in [0.5, 0.6) is 0 Å². The van der Waals surface area contributed by atoms with E-state index in [-0.39, 0.29) is 17.9 Å². The van der Waals surface area contributed by atoms with Gasteiger partial charge in [0.1, 0.15) is 0 Å². The highest BCUT2D eigenvalue weighted by Crippen LogP contribution is 2.26. The topological polar surface area (TPSA) is 52.7 Å². The molecule has 2 fully saturated rings. The monoisotopic (exact) mass is 349 g/mol. The Balaban J connectivity index is 1.69. The molecular weight excluding hydrogens is 326 g/mol. The van der Waals surface area contributed by atoms with Crippen LogP contribution in [0, 0.1) is 0 Å². The van der Waals surface area contributed by atoms with E-state index in [0.717, 1.165) is 44.5 Å². The second kappa shape index (κ2) is 7.43. The summed E-state index contributed by atoms with van der Waals surface area (Å²) in [5.74, 6) is 0.245.